The van der Waals surface area contributed by atoms with Crippen LogP contribution in [0, 0.1) is 13.8 Å². The van der Waals surface area contributed by atoms with E-state index in [1.165, 1.54) is 7.11 Å². The molecule has 0 aliphatic heterocycles. The van der Waals surface area contributed by atoms with Gasteiger partial charge in [0.1, 0.15) is 5.54 Å². The molecule has 1 N–H and O–H groups in total. The zero-order valence-electron chi connectivity index (χ0n) is 12.1. The Morgan fingerprint density at radius 1 is 1.61 bits per heavy atom. The van der Waals surface area contributed by atoms with Gasteiger partial charge in [-0.1, -0.05) is 0 Å². The molecule has 0 aliphatic carbocycles. The Balaban J connectivity index is 2.89. The quantitative estimate of drug-likeness (QED) is 0.810. The first-order valence-electron chi connectivity index (χ1n) is 6.13. The van der Waals surface area contributed by atoms with Gasteiger partial charge in [0, 0.05) is 11.7 Å². The number of nitrogens with zero attached hydrogens (tertiary/aromatic N) is 2. The highest BCUT2D eigenvalue weighted by atomic mass is 16.5. The molecular weight excluding hydrogens is 230 g/mol. The van der Waals surface area contributed by atoms with E-state index in [4.69, 9.17) is 4.74 Å². The first-order chi connectivity index (χ1) is 8.35. The highest BCUT2D eigenvalue weighted by Gasteiger charge is 2.34. The smallest absolute Gasteiger partial charge is 0.325 e. The average molecular weight is 253 g/mol. The molecule has 1 aromatic heterocycles. The number of aromatic nitrogens is 2. The van der Waals surface area contributed by atoms with Gasteiger partial charge in [0.25, 0.3) is 0 Å². The molecule has 0 saturated heterocycles. The average Bonchev–Trinajstić information content (AvgIpc) is 2.68. The summed E-state index contributed by atoms with van der Waals surface area (Å²) in [6.45, 7) is 7.95. The normalized spacial score (nSPS) is 16.1. The lowest BCUT2D eigenvalue weighted by molar-refractivity contribution is -0.148. The van der Waals surface area contributed by atoms with E-state index >= 15 is 0 Å². The lowest BCUT2D eigenvalue weighted by atomic mass is 9.93. The SMILES string of the molecule is CNC(C)(CC(C)n1cnc(C)c1C)C(=O)OC. The number of hydrogen-bond acceptors (Lipinski definition) is 4. The highest BCUT2D eigenvalue weighted by molar-refractivity contribution is 5.80. The van der Waals surface area contributed by atoms with Gasteiger partial charge in [-0.3, -0.25) is 4.79 Å². The molecular formula is C13H23N3O2. The monoisotopic (exact) mass is 253 g/mol. The molecule has 102 valence electrons. The summed E-state index contributed by atoms with van der Waals surface area (Å²) in [5, 5.41) is 3.05. The van der Waals surface area contributed by atoms with Crippen molar-refractivity contribution in [3.63, 3.8) is 0 Å². The van der Waals surface area contributed by atoms with Crippen LogP contribution < -0.4 is 5.32 Å². The van der Waals surface area contributed by atoms with Crippen LogP contribution in [-0.2, 0) is 9.53 Å². The van der Waals surface area contributed by atoms with Crippen molar-refractivity contribution in [1.82, 2.24) is 14.9 Å². The number of imidazole rings is 1. The van der Waals surface area contributed by atoms with Gasteiger partial charge in [0.15, 0.2) is 0 Å². The van der Waals surface area contributed by atoms with Gasteiger partial charge in [0.05, 0.1) is 19.1 Å². The fourth-order valence-electron chi connectivity index (χ4n) is 2.16. The van der Waals surface area contributed by atoms with Gasteiger partial charge >= 0.3 is 5.97 Å². The summed E-state index contributed by atoms with van der Waals surface area (Å²) in [6.07, 6.45) is 2.47. The van der Waals surface area contributed by atoms with Gasteiger partial charge in [-0.2, -0.15) is 0 Å². The zero-order valence-corrected chi connectivity index (χ0v) is 12.1. The number of carbonyl (C=O) groups is 1. The maximum absolute atomic E-state index is 11.8. The number of rotatable bonds is 5. The van der Waals surface area contributed by atoms with Gasteiger partial charge < -0.3 is 14.6 Å². The third kappa shape index (κ3) is 2.72. The molecule has 2 unspecified atom stereocenters. The maximum atomic E-state index is 11.8. The number of ether oxygens (including phenoxy) is 1. The molecule has 0 aliphatic rings. The fourth-order valence-corrected chi connectivity index (χ4v) is 2.16. The lowest BCUT2D eigenvalue weighted by Gasteiger charge is -2.30. The Kier molecular flexibility index (Phi) is 4.51. The largest absolute Gasteiger partial charge is 0.468 e. The molecule has 0 radical (unpaired) electrons. The molecule has 5 heteroatoms. The van der Waals surface area contributed by atoms with E-state index in [1.54, 1.807) is 7.05 Å². The van der Waals surface area contributed by atoms with Crippen molar-refractivity contribution in [2.75, 3.05) is 14.2 Å². The second kappa shape index (κ2) is 5.52. The van der Waals surface area contributed by atoms with Gasteiger partial charge in [0.2, 0.25) is 0 Å². The Morgan fingerprint density at radius 3 is 2.61 bits per heavy atom. The number of aryl methyl sites for hydroxylation is 1. The summed E-state index contributed by atoms with van der Waals surface area (Å²) in [5.74, 6) is -0.244. The fraction of sp³-hybridized carbons (Fsp3) is 0.692. The molecule has 18 heavy (non-hydrogen) atoms. The van der Waals surface area contributed by atoms with Gasteiger partial charge in [-0.15, -0.1) is 0 Å². The Hall–Kier alpha value is -1.36. The molecule has 0 amide bonds. The van der Waals surface area contributed by atoms with E-state index in [-0.39, 0.29) is 12.0 Å². The van der Waals surface area contributed by atoms with Crippen LogP contribution in [0.3, 0.4) is 0 Å². The van der Waals surface area contributed by atoms with Crippen LogP contribution in [0.2, 0.25) is 0 Å². The first kappa shape index (κ1) is 14.7. The van der Waals surface area contributed by atoms with Gasteiger partial charge in [-0.05, 0) is 41.2 Å². The van der Waals surface area contributed by atoms with Crippen molar-refractivity contribution >= 4 is 5.97 Å². The summed E-state index contributed by atoms with van der Waals surface area (Å²) in [4.78, 5) is 16.1. The number of carbonyl (C=O) groups excluding carboxylic acids is 1. The number of nitrogens with one attached hydrogen (secondary N) is 1. The predicted molar refractivity (Wildman–Crippen MR) is 70.5 cm³/mol. The van der Waals surface area contributed by atoms with Crippen LogP contribution >= 0.6 is 0 Å². The zero-order chi connectivity index (χ0) is 13.9. The van der Waals surface area contributed by atoms with Crippen molar-refractivity contribution < 1.29 is 9.53 Å². The molecule has 0 bridgehead atoms. The number of esters is 1. The van der Waals surface area contributed by atoms with Crippen molar-refractivity contribution in [2.45, 2.75) is 45.7 Å². The second-order valence-corrected chi connectivity index (χ2v) is 4.95. The summed E-state index contributed by atoms with van der Waals surface area (Å²) in [5.41, 5.74) is 1.47. The molecule has 0 spiro atoms. The van der Waals surface area contributed by atoms with Crippen molar-refractivity contribution in [1.29, 1.82) is 0 Å². The summed E-state index contributed by atoms with van der Waals surface area (Å²) < 4.78 is 6.94. The van der Waals surface area contributed by atoms with Crippen molar-refractivity contribution in [3.05, 3.63) is 17.7 Å². The first-order valence-corrected chi connectivity index (χ1v) is 6.13. The van der Waals surface area contributed by atoms with Crippen LogP contribution in [0.4, 0.5) is 0 Å². The van der Waals surface area contributed by atoms with Crippen molar-refractivity contribution in [3.8, 4) is 0 Å². The molecule has 5 nitrogen and oxygen atoms in total. The Bertz CT molecular complexity index is 428. The minimum absolute atomic E-state index is 0.169. The maximum Gasteiger partial charge on any atom is 0.325 e. The third-order valence-electron chi connectivity index (χ3n) is 3.65. The van der Waals surface area contributed by atoms with E-state index in [0.29, 0.717) is 6.42 Å². The minimum Gasteiger partial charge on any atom is -0.468 e. The number of methoxy groups -OCH3 is 1. The number of hydrogen-bond donors (Lipinski definition) is 1. The van der Waals surface area contributed by atoms with Crippen LogP contribution in [0.1, 0.15) is 37.7 Å². The van der Waals surface area contributed by atoms with E-state index in [9.17, 15) is 4.79 Å². The predicted octanol–water partition coefficient (Wildman–Crippen LogP) is 1.60. The van der Waals surface area contributed by atoms with Crippen LogP contribution in [0.25, 0.3) is 0 Å². The summed E-state index contributed by atoms with van der Waals surface area (Å²) >= 11 is 0. The van der Waals surface area contributed by atoms with E-state index < -0.39 is 5.54 Å². The van der Waals surface area contributed by atoms with E-state index in [2.05, 4.69) is 21.8 Å². The number of likely N-dealkylation sites (N-methyl/N-ethyl adjacent to an activating group) is 1. The molecule has 2 atom stereocenters. The van der Waals surface area contributed by atoms with E-state index in [0.717, 1.165) is 11.4 Å². The molecule has 1 aromatic rings. The van der Waals surface area contributed by atoms with Crippen LogP contribution in [-0.4, -0.2) is 35.2 Å². The Labute approximate surface area is 109 Å². The molecule has 0 aromatic carbocycles. The standard InChI is InChI=1S/C13H23N3O2/c1-9(16-8-15-10(2)11(16)3)7-13(4,14-5)12(17)18-6/h8-9,14H,7H2,1-6H3. The second-order valence-electron chi connectivity index (χ2n) is 4.95. The topological polar surface area (TPSA) is 56.2 Å². The molecule has 0 saturated carbocycles. The molecule has 1 rings (SSSR count). The Morgan fingerprint density at radius 2 is 2.22 bits per heavy atom. The van der Waals surface area contributed by atoms with Crippen molar-refractivity contribution in [2.24, 2.45) is 0 Å². The molecule has 0 fully saturated rings. The minimum atomic E-state index is -0.682. The molecule has 1 heterocycles. The van der Waals surface area contributed by atoms with Crippen LogP contribution in [0.15, 0.2) is 6.33 Å². The lowest BCUT2D eigenvalue weighted by Crippen LogP contribution is -2.49. The highest BCUT2D eigenvalue weighted by Crippen LogP contribution is 2.23. The summed E-state index contributed by atoms with van der Waals surface area (Å²) in [7, 11) is 3.19. The third-order valence-corrected chi connectivity index (χ3v) is 3.65. The van der Waals surface area contributed by atoms with E-state index in [1.807, 2.05) is 27.1 Å². The van der Waals surface area contributed by atoms with Crippen LogP contribution in [0.5, 0.6) is 0 Å². The summed E-state index contributed by atoms with van der Waals surface area (Å²) in [6, 6.07) is 0.169. The van der Waals surface area contributed by atoms with Gasteiger partial charge in [-0.25, -0.2) is 4.98 Å².